The van der Waals surface area contributed by atoms with Crippen molar-refractivity contribution in [3.63, 3.8) is 0 Å². The number of carbonyl (C=O) groups is 10. The number of alkyl carbamates (subject to hydrolysis) is 1. The fourth-order valence-corrected chi connectivity index (χ4v) is 12.6. The van der Waals surface area contributed by atoms with Gasteiger partial charge in [0.2, 0.25) is 35.4 Å². The van der Waals surface area contributed by atoms with Gasteiger partial charge >= 0.3 is 18.0 Å². The van der Waals surface area contributed by atoms with Crippen molar-refractivity contribution in [3.05, 3.63) is 95.8 Å². The lowest BCUT2D eigenvalue weighted by Gasteiger charge is -2.37. The molecule has 0 unspecified atom stereocenters. The average molecular weight is 1150 g/mol. The van der Waals surface area contributed by atoms with Crippen LogP contribution in [0.25, 0.3) is 22.2 Å². The number of nitrogens with one attached hydrogen (secondary N) is 4. The van der Waals surface area contributed by atoms with Crippen molar-refractivity contribution in [2.75, 3.05) is 59.5 Å². The SMILES string of the molecule is CC(C)[C@H]1C(=O)OC[C@@H](NC(=O)c2cnc3ccccc3n2)C(=O)N[C@@H](C)C(=O)N(C)[C@H]2CSSC[C@@H](C(=O)N1C)N(C)C(=O)[C@H](C)NC(=O)[C@H](NC(=O)OCC1c3ccccc3-c3ccccc31)COC(=O)[C@H](C(C)C)N(C)C2=O. The van der Waals surface area contributed by atoms with E-state index < -0.39 is 133 Å². The van der Waals surface area contributed by atoms with Crippen LogP contribution in [0.4, 0.5) is 4.79 Å². The number of likely N-dealkylation sites (N-methyl/N-ethyl adjacent to an activating group) is 4. The molecule has 1 aromatic heterocycles. The molecule has 81 heavy (non-hydrogen) atoms. The van der Waals surface area contributed by atoms with Crippen molar-refractivity contribution >= 4 is 92.0 Å². The largest absolute Gasteiger partial charge is 0.461 e. The third-order valence-electron chi connectivity index (χ3n) is 14.5. The molecule has 2 fully saturated rings. The fraction of sp³-hybridized carbons (Fsp3) is 0.464. The molecule has 8 amide bonds. The first-order valence-electron chi connectivity index (χ1n) is 26.4. The van der Waals surface area contributed by atoms with Crippen LogP contribution < -0.4 is 21.3 Å². The minimum Gasteiger partial charge on any atom is -0.461 e. The number of amides is 8. The molecule has 0 saturated carbocycles. The van der Waals surface area contributed by atoms with Gasteiger partial charge in [-0.3, -0.25) is 38.5 Å². The smallest absolute Gasteiger partial charge is 0.407 e. The van der Waals surface area contributed by atoms with Gasteiger partial charge in [0.15, 0.2) is 0 Å². The van der Waals surface area contributed by atoms with Crippen molar-refractivity contribution in [2.45, 2.75) is 95.8 Å². The maximum Gasteiger partial charge on any atom is 0.407 e. The summed E-state index contributed by atoms with van der Waals surface area (Å²) in [4.78, 5) is 156. The van der Waals surface area contributed by atoms with E-state index in [1.807, 2.05) is 48.5 Å². The van der Waals surface area contributed by atoms with Crippen LogP contribution >= 0.6 is 21.6 Å². The summed E-state index contributed by atoms with van der Waals surface area (Å²) in [5.41, 5.74) is 4.53. The number of carbonyl (C=O) groups excluding carboxylic acids is 10. The molecule has 3 aromatic carbocycles. The number of ether oxygens (including phenoxy) is 3. The number of fused-ring (bicyclic) bond motifs is 9. The van der Waals surface area contributed by atoms with Crippen LogP contribution in [0.1, 0.15) is 69.1 Å². The lowest BCUT2D eigenvalue weighted by molar-refractivity contribution is -0.160. The summed E-state index contributed by atoms with van der Waals surface area (Å²) in [6, 6.07) is 10.7. The molecule has 23 nitrogen and oxygen atoms in total. The van der Waals surface area contributed by atoms with Crippen molar-refractivity contribution < 1.29 is 62.2 Å². The van der Waals surface area contributed by atoms with Gasteiger partial charge in [0.25, 0.3) is 5.91 Å². The number of benzene rings is 3. The van der Waals surface area contributed by atoms with E-state index >= 15 is 0 Å². The van der Waals surface area contributed by atoms with Gasteiger partial charge in [-0.2, -0.15) is 0 Å². The molecule has 432 valence electrons. The van der Waals surface area contributed by atoms with Gasteiger partial charge in [0.05, 0.1) is 17.2 Å². The van der Waals surface area contributed by atoms with Crippen LogP contribution in [0.3, 0.4) is 0 Å². The van der Waals surface area contributed by atoms with Gasteiger partial charge in [-0.1, -0.05) is 110 Å². The topological polar surface area (TPSA) is 285 Å². The summed E-state index contributed by atoms with van der Waals surface area (Å²) in [6.45, 7) is 7.62. The average Bonchev–Trinajstić information content (AvgIpc) is 4.06. The maximum absolute atomic E-state index is 14.9. The Bertz CT molecular complexity index is 3030. The van der Waals surface area contributed by atoms with Crippen LogP contribution in [0.5, 0.6) is 0 Å². The molecule has 2 aliphatic heterocycles. The van der Waals surface area contributed by atoms with Crippen molar-refractivity contribution in [1.82, 2.24) is 50.8 Å². The summed E-state index contributed by atoms with van der Waals surface area (Å²) in [5, 5.41) is 10.2. The third-order valence-corrected chi connectivity index (χ3v) is 16.9. The Labute approximate surface area is 477 Å². The molecule has 2 saturated heterocycles. The Balaban J connectivity index is 1.21. The number of nitrogens with zero attached hydrogens (tertiary/aromatic N) is 6. The predicted octanol–water partition coefficient (Wildman–Crippen LogP) is 2.76. The lowest BCUT2D eigenvalue weighted by atomic mass is 9.98. The molecular formula is C56H68N10O13S2. The third kappa shape index (κ3) is 13.9. The highest BCUT2D eigenvalue weighted by Gasteiger charge is 2.43. The summed E-state index contributed by atoms with van der Waals surface area (Å²) in [7, 11) is 7.52. The molecule has 3 aliphatic rings. The van der Waals surface area contributed by atoms with Gasteiger partial charge in [-0.25, -0.2) is 19.4 Å². The van der Waals surface area contributed by atoms with Crippen molar-refractivity contribution in [3.8, 4) is 11.1 Å². The summed E-state index contributed by atoms with van der Waals surface area (Å²) in [6.07, 6.45) is 0.160. The molecule has 3 heterocycles. The van der Waals surface area contributed by atoms with E-state index in [1.165, 1.54) is 48.2 Å². The summed E-state index contributed by atoms with van der Waals surface area (Å²) in [5.74, 6) is -9.70. The Morgan fingerprint density at radius 2 is 1.05 bits per heavy atom. The van der Waals surface area contributed by atoms with E-state index in [1.54, 1.807) is 52.0 Å². The standard InChI is InChI=1S/C56H68N10O13S2/c1-29(2)45-54(74)77-25-41(61-47(67)40-23-57-38-21-15-16-22-39(38)60-40)48(68)58-31(5)50(70)63(7)43-27-80-81-28-44(52(72)65(45)9)64(8)51(71)32(6)59-49(69)42(26-78-55(75)46(30(3)4)66(10)53(43)73)62-56(76)79-24-37-35-19-13-11-17-33(35)34-18-12-14-20-36(34)37/h11-23,29-32,37,41-46H,24-28H2,1-10H3,(H,58,68)(H,59,69)(H,61,67)(H,62,76)/t31-,32-,41+,42+,43-,44-,45-,46-/m0/s1. The number of hydrogen-bond donors (Lipinski definition) is 4. The number of cyclic esters (lactones) is 2. The van der Waals surface area contributed by atoms with Crippen LogP contribution in [-0.4, -0.2) is 197 Å². The van der Waals surface area contributed by atoms with Gasteiger partial charge in [0.1, 0.15) is 73.8 Å². The number of rotatable bonds is 7. The normalized spacial score (nSPS) is 24.4. The first-order valence-corrected chi connectivity index (χ1v) is 28.9. The zero-order valence-electron chi connectivity index (χ0n) is 46.7. The zero-order chi connectivity index (χ0) is 59.0. The molecule has 2 bridgehead atoms. The highest BCUT2D eigenvalue weighted by atomic mass is 33.1. The Hall–Kier alpha value is -7.80. The van der Waals surface area contributed by atoms with Crippen LogP contribution in [0.15, 0.2) is 79.0 Å². The maximum atomic E-state index is 14.9. The highest BCUT2D eigenvalue weighted by Crippen LogP contribution is 2.44. The van der Waals surface area contributed by atoms with Crippen LogP contribution in [0, 0.1) is 11.8 Å². The Morgan fingerprint density at radius 3 is 1.52 bits per heavy atom. The molecule has 4 N–H and O–H groups in total. The van der Waals surface area contributed by atoms with E-state index in [0.717, 1.165) is 63.4 Å². The first kappa shape index (κ1) is 60.8. The van der Waals surface area contributed by atoms with Crippen LogP contribution in [0.2, 0.25) is 0 Å². The van der Waals surface area contributed by atoms with Gasteiger partial charge in [-0.15, -0.1) is 0 Å². The highest BCUT2D eigenvalue weighted by molar-refractivity contribution is 8.76. The monoisotopic (exact) mass is 1150 g/mol. The number of aromatic nitrogens is 2. The number of hydrogen-bond acceptors (Lipinski definition) is 17. The second kappa shape index (κ2) is 26.6. The van der Waals surface area contributed by atoms with Gasteiger partial charge in [-0.05, 0) is 60.1 Å². The molecule has 1 aliphatic carbocycles. The number of esters is 2. The first-order chi connectivity index (χ1) is 38.5. The lowest BCUT2D eigenvalue weighted by Crippen LogP contribution is -2.60. The van der Waals surface area contributed by atoms with Gasteiger partial charge in [0, 0.05) is 45.6 Å². The molecule has 0 radical (unpaired) electrons. The van der Waals surface area contributed by atoms with E-state index in [-0.39, 0.29) is 29.7 Å². The number of para-hydroxylation sites is 2. The summed E-state index contributed by atoms with van der Waals surface area (Å²) < 4.78 is 17.2. The van der Waals surface area contributed by atoms with E-state index in [0.29, 0.717) is 11.0 Å². The van der Waals surface area contributed by atoms with E-state index in [9.17, 15) is 47.9 Å². The van der Waals surface area contributed by atoms with Crippen molar-refractivity contribution in [2.24, 2.45) is 11.8 Å². The second-order valence-electron chi connectivity index (χ2n) is 20.8. The van der Waals surface area contributed by atoms with E-state index in [2.05, 4.69) is 31.2 Å². The molecule has 4 aromatic rings. The Kier molecular flexibility index (Phi) is 20.0. The predicted molar refractivity (Wildman–Crippen MR) is 301 cm³/mol. The Morgan fingerprint density at radius 1 is 0.617 bits per heavy atom. The fourth-order valence-electron chi connectivity index (χ4n) is 10.0. The minimum absolute atomic E-state index is 0.129. The second-order valence-corrected chi connectivity index (χ2v) is 23.3. The van der Waals surface area contributed by atoms with Crippen molar-refractivity contribution in [1.29, 1.82) is 0 Å². The molecule has 8 atom stereocenters. The molecule has 25 heteroatoms. The minimum atomic E-state index is -1.67. The molecular weight excluding hydrogens is 1080 g/mol. The molecule has 0 spiro atoms. The van der Waals surface area contributed by atoms with E-state index in [4.69, 9.17) is 14.2 Å². The summed E-state index contributed by atoms with van der Waals surface area (Å²) >= 11 is 0. The van der Waals surface area contributed by atoms with Crippen LogP contribution in [-0.2, 0) is 52.6 Å². The molecule has 7 rings (SSSR count). The quantitative estimate of drug-likeness (QED) is 0.118. The zero-order valence-corrected chi connectivity index (χ0v) is 48.3. The van der Waals surface area contributed by atoms with Gasteiger partial charge < -0.3 is 55.1 Å².